The van der Waals surface area contributed by atoms with E-state index in [0.717, 1.165) is 10.5 Å². The number of carbonyl (C=O) groups is 2. The fourth-order valence-electron chi connectivity index (χ4n) is 1.69. The molecule has 1 heterocycles. The maximum atomic E-state index is 11.9. The quantitative estimate of drug-likeness (QED) is 0.614. The van der Waals surface area contributed by atoms with Crippen molar-refractivity contribution in [3.63, 3.8) is 0 Å². The number of benzene rings is 1. The van der Waals surface area contributed by atoms with Crippen LogP contribution in [0.25, 0.3) is 0 Å². The summed E-state index contributed by atoms with van der Waals surface area (Å²) < 4.78 is 0. The summed E-state index contributed by atoms with van der Waals surface area (Å²) in [6.45, 7) is 3.76. The van der Waals surface area contributed by atoms with Crippen molar-refractivity contribution in [2.75, 3.05) is 6.54 Å². The molecule has 1 aromatic carbocycles. The Morgan fingerprint density at radius 1 is 1.31 bits per heavy atom. The molecule has 1 atom stereocenters. The Bertz CT molecular complexity index is 428. The second kappa shape index (κ2) is 4.18. The second-order valence-electron chi connectivity index (χ2n) is 3.53. The number of amides is 3. The van der Waals surface area contributed by atoms with E-state index < -0.39 is 6.04 Å². The van der Waals surface area contributed by atoms with E-state index >= 15 is 0 Å². The molecule has 1 saturated heterocycles. The standard InChI is InChI=1S/C12H12N2O2/c1-2-8-14-11(15)10(13-12(14)16)9-6-4-3-5-7-9/h2-7,10H,1,8H2,(H,13,16). The van der Waals surface area contributed by atoms with Gasteiger partial charge in [-0.1, -0.05) is 36.4 Å². The van der Waals surface area contributed by atoms with Crippen LogP contribution in [0.3, 0.4) is 0 Å². The first kappa shape index (κ1) is 10.4. The van der Waals surface area contributed by atoms with Crippen molar-refractivity contribution >= 4 is 11.9 Å². The molecule has 2 rings (SSSR count). The molecule has 1 N–H and O–H groups in total. The lowest BCUT2D eigenvalue weighted by Gasteiger charge is -2.09. The van der Waals surface area contributed by atoms with Gasteiger partial charge in [0.15, 0.2) is 0 Å². The van der Waals surface area contributed by atoms with E-state index in [2.05, 4.69) is 11.9 Å². The third-order valence-electron chi connectivity index (χ3n) is 2.47. The zero-order chi connectivity index (χ0) is 11.5. The maximum Gasteiger partial charge on any atom is 0.325 e. The van der Waals surface area contributed by atoms with E-state index in [4.69, 9.17) is 0 Å². The molecule has 16 heavy (non-hydrogen) atoms. The number of nitrogens with one attached hydrogen (secondary N) is 1. The average Bonchev–Trinajstić information content (AvgIpc) is 2.59. The van der Waals surface area contributed by atoms with Crippen LogP contribution in [0.5, 0.6) is 0 Å². The predicted molar refractivity (Wildman–Crippen MR) is 59.6 cm³/mol. The van der Waals surface area contributed by atoms with Crippen molar-refractivity contribution in [3.8, 4) is 0 Å². The Morgan fingerprint density at radius 3 is 2.62 bits per heavy atom. The van der Waals surface area contributed by atoms with E-state index in [1.54, 1.807) is 0 Å². The molecule has 4 heteroatoms. The van der Waals surface area contributed by atoms with Crippen LogP contribution in [0.15, 0.2) is 43.0 Å². The topological polar surface area (TPSA) is 49.4 Å². The lowest BCUT2D eigenvalue weighted by atomic mass is 10.1. The molecule has 0 spiro atoms. The summed E-state index contributed by atoms with van der Waals surface area (Å²) in [6, 6.07) is 8.26. The van der Waals surface area contributed by atoms with Crippen molar-refractivity contribution in [3.05, 3.63) is 48.6 Å². The van der Waals surface area contributed by atoms with Gasteiger partial charge in [0.05, 0.1) is 0 Å². The number of hydrogen-bond donors (Lipinski definition) is 1. The summed E-state index contributed by atoms with van der Waals surface area (Å²) in [6.07, 6.45) is 1.53. The van der Waals surface area contributed by atoms with Gasteiger partial charge in [-0.15, -0.1) is 6.58 Å². The number of hydrogen-bond acceptors (Lipinski definition) is 2. The number of nitrogens with zero attached hydrogens (tertiary/aromatic N) is 1. The molecule has 82 valence electrons. The largest absolute Gasteiger partial charge is 0.325 e. The zero-order valence-electron chi connectivity index (χ0n) is 8.72. The van der Waals surface area contributed by atoms with Gasteiger partial charge < -0.3 is 5.32 Å². The van der Waals surface area contributed by atoms with Gasteiger partial charge >= 0.3 is 6.03 Å². The summed E-state index contributed by atoms with van der Waals surface area (Å²) in [7, 11) is 0. The Balaban J connectivity index is 2.24. The van der Waals surface area contributed by atoms with Crippen LogP contribution >= 0.6 is 0 Å². The molecule has 0 saturated carbocycles. The molecule has 0 bridgehead atoms. The Kier molecular flexibility index (Phi) is 2.72. The number of rotatable bonds is 3. The lowest BCUT2D eigenvalue weighted by molar-refractivity contribution is -0.127. The minimum Gasteiger partial charge on any atom is -0.322 e. The SMILES string of the molecule is C=CCN1C(=O)NC(c2ccccc2)C1=O. The van der Waals surface area contributed by atoms with Crippen molar-refractivity contribution in [2.24, 2.45) is 0 Å². The second-order valence-corrected chi connectivity index (χ2v) is 3.53. The van der Waals surface area contributed by atoms with Crippen LogP contribution in [0.2, 0.25) is 0 Å². The molecule has 3 amide bonds. The van der Waals surface area contributed by atoms with Crippen LogP contribution in [-0.4, -0.2) is 23.4 Å². The van der Waals surface area contributed by atoms with E-state index in [1.807, 2.05) is 30.3 Å². The van der Waals surface area contributed by atoms with E-state index in [0.29, 0.717) is 0 Å². The highest BCUT2D eigenvalue weighted by atomic mass is 16.2. The summed E-state index contributed by atoms with van der Waals surface area (Å²) in [5.74, 6) is -0.226. The van der Waals surface area contributed by atoms with Gasteiger partial charge in [-0.2, -0.15) is 0 Å². The predicted octanol–water partition coefficient (Wildman–Crippen LogP) is 1.47. The third-order valence-corrected chi connectivity index (χ3v) is 2.47. The van der Waals surface area contributed by atoms with Crippen molar-refractivity contribution in [2.45, 2.75) is 6.04 Å². The highest BCUT2D eigenvalue weighted by Crippen LogP contribution is 2.21. The van der Waals surface area contributed by atoms with Crippen LogP contribution in [0, 0.1) is 0 Å². The maximum absolute atomic E-state index is 11.9. The number of carbonyl (C=O) groups excluding carboxylic acids is 2. The number of imide groups is 1. The van der Waals surface area contributed by atoms with Crippen LogP contribution < -0.4 is 5.32 Å². The molecular weight excluding hydrogens is 204 g/mol. The van der Waals surface area contributed by atoms with Gasteiger partial charge in [0, 0.05) is 6.54 Å². The minimum atomic E-state index is -0.561. The Morgan fingerprint density at radius 2 is 2.00 bits per heavy atom. The van der Waals surface area contributed by atoms with Gasteiger partial charge in [0.25, 0.3) is 5.91 Å². The Labute approximate surface area is 93.6 Å². The smallest absolute Gasteiger partial charge is 0.322 e. The van der Waals surface area contributed by atoms with Crippen LogP contribution in [0.1, 0.15) is 11.6 Å². The highest BCUT2D eigenvalue weighted by Gasteiger charge is 2.37. The zero-order valence-corrected chi connectivity index (χ0v) is 8.72. The van der Waals surface area contributed by atoms with E-state index in [1.165, 1.54) is 6.08 Å². The first-order valence-electron chi connectivity index (χ1n) is 5.01. The summed E-state index contributed by atoms with van der Waals surface area (Å²) in [5.41, 5.74) is 0.799. The molecule has 0 aliphatic carbocycles. The summed E-state index contributed by atoms with van der Waals surface area (Å²) in [5, 5.41) is 2.64. The highest BCUT2D eigenvalue weighted by molar-refractivity contribution is 6.04. The van der Waals surface area contributed by atoms with E-state index in [9.17, 15) is 9.59 Å². The Hall–Kier alpha value is -2.10. The molecule has 4 nitrogen and oxygen atoms in total. The monoisotopic (exact) mass is 216 g/mol. The summed E-state index contributed by atoms with van der Waals surface area (Å²) >= 11 is 0. The molecule has 1 fully saturated rings. The molecule has 1 unspecified atom stereocenters. The molecule has 0 aromatic heterocycles. The summed E-state index contributed by atoms with van der Waals surface area (Å²) in [4.78, 5) is 24.6. The van der Waals surface area contributed by atoms with Crippen molar-refractivity contribution in [1.29, 1.82) is 0 Å². The van der Waals surface area contributed by atoms with Crippen molar-refractivity contribution < 1.29 is 9.59 Å². The molecular formula is C12H12N2O2. The van der Waals surface area contributed by atoms with Crippen LogP contribution in [-0.2, 0) is 4.79 Å². The van der Waals surface area contributed by atoms with Crippen LogP contribution in [0.4, 0.5) is 4.79 Å². The van der Waals surface area contributed by atoms with Gasteiger partial charge in [-0.05, 0) is 5.56 Å². The average molecular weight is 216 g/mol. The number of urea groups is 1. The molecule has 0 radical (unpaired) electrons. The van der Waals surface area contributed by atoms with Gasteiger partial charge in [-0.3, -0.25) is 9.69 Å². The minimum absolute atomic E-state index is 0.226. The van der Waals surface area contributed by atoms with Crippen molar-refractivity contribution in [1.82, 2.24) is 10.2 Å². The molecule has 1 aliphatic heterocycles. The fraction of sp³-hybridized carbons (Fsp3) is 0.167. The van der Waals surface area contributed by atoms with Gasteiger partial charge in [0.1, 0.15) is 6.04 Å². The third kappa shape index (κ3) is 1.69. The normalized spacial score (nSPS) is 19.8. The molecule has 1 aromatic rings. The van der Waals surface area contributed by atoms with Gasteiger partial charge in [-0.25, -0.2) is 4.79 Å². The fourth-order valence-corrected chi connectivity index (χ4v) is 1.69. The first-order valence-corrected chi connectivity index (χ1v) is 5.01. The first-order chi connectivity index (χ1) is 7.74. The molecule has 1 aliphatic rings. The van der Waals surface area contributed by atoms with Gasteiger partial charge in [0.2, 0.25) is 0 Å². The lowest BCUT2D eigenvalue weighted by Crippen LogP contribution is -2.30. The van der Waals surface area contributed by atoms with E-state index in [-0.39, 0.29) is 18.5 Å².